The zero-order chi connectivity index (χ0) is 13.7. The van der Waals surface area contributed by atoms with E-state index in [0.29, 0.717) is 6.04 Å². The number of benzene rings is 1. The number of carbonyl (C=O) groups excluding carboxylic acids is 1. The van der Waals surface area contributed by atoms with Gasteiger partial charge in [-0.15, -0.1) is 0 Å². The smallest absolute Gasteiger partial charge is 0.260 e. The summed E-state index contributed by atoms with van der Waals surface area (Å²) in [6.45, 7) is 3.86. The molecule has 1 saturated heterocycles. The van der Waals surface area contributed by atoms with E-state index < -0.39 is 0 Å². The number of nitrogens with one attached hydrogen (secondary N) is 1. The monoisotopic (exact) mass is 262 g/mol. The van der Waals surface area contributed by atoms with E-state index in [1.807, 2.05) is 43.1 Å². The van der Waals surface area contributed by atoms with Crippen LogP contribution in [0.1, 0.15) is 18.4 Å². The summed E-state index contributed by atoms with van der Waals surface area (Å²) in [5.41, 5.74) is 1.19. The minimum Gasteiger partial charge on any atom is -0.484 e. The molecule has 1 aromatic rings. The Morgan fingerprint density at radius 3 is 2.84 bits per heavy atom. The largest absolute Gasteiger partial charge is 0.484 e. The summed E-state index contributed by atoms with van der Waals surface area (Å²) in [7, 11) is 1.92. The molecule has 1 aliphatic rings. The molecule has 104 valence electrons. The molecule has 1 aromatic carbocycles. The van der Waals surface area contributed by atoms with Crippen molar-refractivity contribution in [1.82, 2.24) is 10.2 Å². The Hall–Kier alpha value is -1.55. The molecular formula is C15H22N2O2. The third kappa shape index (κ3) is 3.70. The molecule has 1 heterocycles. The van der Waals surface area contributed by atoms with E-state index >= 15 is 0 Å². The van der Waals surface area contributed by atoms with Crippen molar-refractivity contribution >= 4 is 5.91 Å². The quantitative estimate of drug-likeness (QED) is 0.876. The van der Waals surface area contributed by atoms with Gasteiger partial charge in [0.25, 0.3) is 5.91 Å². The highest BCUT2D eigenvalue weighted by Crippen LogP contribution is 2.17. The minimum absolute atomic E-state index is 0.0818. The summed E-state index contributed by atoms with van der Waals surface area (Å²) in [4.78, 5) is 14.1. The van der Waals surface area contributed by atoms with Crippen LogP contribution < -0.4 is 10.1 Å². The Balaban J connectivity index is 1.85. The van der Waals surface area contributed by atoms with Crippen molar-refractivity contribution in [1.29, 1.82) is 0 Å². The molecule has 0 aliphatic carbocycles. The fourth-order valence-corrected chi connectivity index (χ4v) is 2.47. The van der Waals surface area contributed by atoms with E-state index in [1.165, 1.54) is 5.56 Å². The molecule has 19 heavy (non-hydrogen) atoms. The van der Waals surface area contributed by atoms with Crippen molar-refractivity contribution in [3.63, 3.8) is 0 Å². The van der Waals surface area contributed by atoms with Gasteiger partial charge in [-0.25, -0.2) is 0 Å². The van der Waals surface area contributed by atoms with Crippen molar-refractivity contribution in [2.45, 2.75) is 25.8 Å². The number of rotatable bonds is 5. The molecule has 0 radical (unpaired) electrons. The molecule has 0 bridgehead atoms. The van der Waals surface area contributed by atoms with Crippen molar-refractivity contribution in [3.8, 4) is 5.75 Å². The average Bonchev–Trinajstić information content (AvgIpc) is 2.86. The fraction of sp³-hybridized carbons (Fsp3) is 0.533. The van der Waals surface area contributed by atoms with Gasteiger partial charge < -0.3 is 15.0 Å². The molecule has 1 aliphatic heterocycles. The third-order valence-electron chi connectivity index (χ3n) is 3.52. The van der Waals surface area contributed by atoms with E-state index in [1.54, 1.807) is 0 Å². The Bertz CT molecular complexity index is 417. The predicted octanol–water partition coefficient (Wildman–Crippen LogP) is 1.58. The Morgan fingerprint density at radius 2 is 2.16 bits per heavy atom. The predicted molar refractivity (Wildman–Crippen MR) is 75.3 cm³/mol. The van der Waals surface area contributed by atoms with E-state index in [-0.39, 0.29) is 12.5 Å². The van der Waals surface area contributed by atoms with Crippen LogP contribution in [0.15, 0.2) is 24.3 Å². The molecule has 0 aromatic heterocycles. The van der Waals surface area contributed by atoms with Crippen LogP contribution in [0.3, 0.4) is 0 Å². The molecule has 0 saturated carbocycles. The lowest BCUT2D eigenvalue weighted by atomic mass is 10.2. The first-order chi connectivity index (χ1) is 9.20. The van der Waals surface area contributed by atoms with E-state index in [2.05, 4.69) is 5.32 Å². The normalized spacial score (nSPS) is 18.6. The topological polar surface area (TPSA) is 41.6 Å². The van der Waals surface area contributed by atoms with E-state index in [9.17, 15) is 4.79 Å². The van der Waals surface area contributed by atoms with E-state index in [0.717, 1.165) is 31.7 Å². The van der Waals surface area contributed by atoms with Crippen LogP contribution in [0.2, 0.25) is 0 Å². The van der Waals surface area contributed by atoms with Gasteiger partial charge in [0.1, 0.15) is 5.75 Å². The van der Waals surface area contributed by atoms with Gasteiger partial charge in [-0.2, -0.15) is 0 Å². The molecule has 4 nitrogen and oxygen atoms in total. The second kappa shape index (κ2) is 6.57. The lowest BCUT2D eigenvalue weighted by Gasteiger charge is -2.24. The Kier molecular flexibility index (Phi) is 4.80. The molecule has 1 atom stereocenters. The summed E-state index contributed by atoms with van der Waals surface area (Å²) in [6.07, 6.45) is 2.17. The summed E-state index contributed by atoms with van der Waals surface area (Å²) in [5.74, 6) is 0.835. The minimum atomic E-state index is 0.0818. The van der Waals surface area contributed by atoms with Crippen LogP contribution in [0.5, 0.6) is 5.75 Å². The lowest BCUT2D eigenvalue weighted by molar-refractivity contribution is -0.134. The number of nitrogens with zero attached hydrogens (tertiary/aromatic N) is 1. The van der Waals surface area contributed by atoms with Crippen LogP contribution in [0.25, 0.3) is 0 Å². The van der Waals surface area contributed by atoms with Crippen molar-refractivity contribution < 1.29 is 9.53 Å². The van der Waals surface area contributed by atoms with Crippen molar-refractivity contribution in [2.75, 3.05) is 26.7 Å². The summed E-state index contributed by atoms with van der Waals surface area (Å²) >= 11 is 0. The van der Waals surface area contributed by atoms with Gasteiger partial charge in [-0.05, 0) is 38.9 Å². The first-order valence-electron chi connectivity index (χ1n) is 6.84. The number of hydrogen-bond acceptors (Lipinski definition) is 3. The highest BCUT2D eigenvalue weighted by Gasteiger charge is 2.28. The highest BCUT2D eigenvalue weighted by molar-refractivity contribution is 5.78. The SMILES string of the molecule is CNCC1CCCN1C(=O)COc1ccc(C)cc1. The third-order valence-corrected chi connectivity index (χ3v) is 3.52. The fourth-order valence-electron chi connectivity index (χ4n) is 2.47. The number of hydrogen-bond donors (Lipinski definition) is 1. The molecule has 1 fully saturated rings. The van der Waals surface area contributed by atoms with Crippen LogP contribution in [0, 0.1) is 6.92 Å². The maximum Gasteiger partial charge on any atom is 0.260 e. The van der Waals surface area contributed by atoms with Gasteiger partial charge in [-0.3, -0.25) is 4.79 Å². The number of ether oxygens (including phenoxy) is 1. The molecule has 0 spiro atoms. The van der Waals surface area contributed by atoms with Gasteiger partial charge in [0.15, 0.2) is 6.61 Å². The maximum absolute atomic E-state index is 12.1. The van der Waals surface area contributed by atoms with Crippen molar-refractivity contribution in [3.05, 3.63) is 29.8 Å². The summed E-state index contributed by atoms with van der Waals surface area (Å²) < 4.78 is 5.55. The van der Waals surface area contributed by atoms with Crippen LogP contribution in [-0.2, 0) is 4.79 Å². The first-order valence-corrected chi connectivity index (χ1v) is 6.84. The molecule has 1 N–H and O–H groups in total. The van der Waals surface area contributed by atoms with Gasteiger partial charge in [-0.1, -0.05) is 17.7 Å². The first kappa shape index (κ1) is 13.9. The second-order valence-electron chi connectivity index (χ2n) is 5.04. The number of carbonyl (C=O) groups is 1. The van der Waals surface area contributed by atoms with Crippen LogP contribution in [0.4, 0.5) is 0 Å². The molecule has 1 unspecified atom stereocenters. The van der Waals surface area contributed by atoms with Gasteiger partial charge >= 0.3 is 0 Å². The molecule has 4 heteroatoms. The maximum atomic E-state index is 12.1. The molecule has 2 rings (SSSR count). The number of likely N-dealkylation sites (tertiary alicyclic amines) is 1. The zero-order valence-corrected chi connectivity index (χ0v) is 11.7. The number of amides is 1. The van der Waals surface area contributed by atoms with Crippen LogP contribution >= 0.6 is 0 Å². The van der Waals surface area contributed by atoms with Gasteiger partial charge in [0, 0.05) is 19.1 Å². The summed E-state index contributed by atoms with van der Waals surface area (Å²) in [5, 5.41) is 3.14. The average molecular weight is 262 g/mol. The van der Waals surface area contributed by atoms with Gasteiger partial charge in [0.2, 0.25) is 0 Å². The van der Waals surface area contributed by atoms with E-state index in [4.69, 9.17) is 4.74 Å². The number of likely N-dealkylation sites (N-methyl/N-ethyl adjacent to an activating group) is 1. The van der Waals surface area contributed by atoms with Crippen molar-refractivity contribution in [2.24, 2.45) is 0 Å². The second-order valence-corrected chi connectivity index (χ2v) is 5.04. The van der Waals surface area contributed by atoms with Gasteiger partial charge in [0.05, 0.1) is 0 Å². The lowest BCUT2D eigenvalue weighted by Crippen LogP contribution is -2.43. The molecular weight excluding hydrogens is 240 g/mol. The molecule has 1 amide bonds. The zero-order valence-electron chi connectivity index (χ0n) is 11.7. The Morgan fingerprint density at radius 1 is 1.42 bits per heavy atom. The number of aryl methyl sites for hydroxylation is 1. The summed E-state index contributed by atoms with van der Waals surface area (Å²) in [6, 6.07) is 8.09. The Labute approximate surface area is 114 Å². The highest BCUT2D eigenvalue weighted by atomic mass is 16.5. The standard InChI is InChI=1S/C15H22N2O2/c1-12-5-7-14(8-6-12)19-11-15(18)17-9-3-4-13(17)10-16-2/h5-8,13,16H,3-4,9-11H2,1-2H3. The van der Waals surface area contributed by atoms with Crippen LogP contribution in [-0.4, -0.2) is 43.6 Å².